The lowest BCUT2D eigenvalue weighted by molar-refractivity contribution is 0.0994. The molecule has 5 heteroatoms. The van der Waals surface area contributed by atoms with Crippen LogP contribution in [0.2, 0.25) is 5.02 Å². The van der Waals surface area contributed by atoms with Gasteiger partial charge in [0, 0.05) is 17.6 Å². The summed E-state index contributed by atoms with van der Waals surface area (Å²) in [6.07, 6.45) is 3.33. The van der Waals surface area contributed by atoms with Gasteiger partial charge < -0.3 is 0 Å². The molecule has 0 bridgehead atoms. The molecule has 0 N–H and O–H groups in total. The molecule has 20 heavy (non-hydrogen) atoms. The fourth-order valence-corrected chi connectivity index (χ4v) is 2.28. The number of Topliss-reactive ketones (excluding diaryl/α,β-unsaturated/α-hetero) is 1. The highest BCUT2D eigenvalue weighted by Crippen LogP contribution is 2.20. The predicted molar refractivity (Wildman–Crippen MR) is 74.6 cm³/mol. The number of hydrogen-bond acceptors (Lipinski definition) is 2. The first-order chi connectivity index (χ1) is 9.65. The van der Waals surface area contributed by atoms with Crippen LogP contribution in [-0.4, -0.2) is 15.4 Å². The van der Waals surface area contributed by atoms with Crippen molar-refractivity contribution in [1.29, 1.82) is 0 Å². The first kappa shape index (κ1) is 12.8. The standard InChI is InChI=1S/C15H10ClFN2O/c16-13-5-4-11(17)7-10(13)8-15(20)12-9-18-19-6-2-1-3-14(12)19/h1-7,9H,8H2. The Balaban J connectivity index is 1.95. The highest BCUT2D eigenvalue weighted by Gasteiger charge is 2.14. The molecule has 0 saturated carbocycles. The number of carbonyl (C=O) groups is 1. The zero-order valence-electron chi connectivity index (χ0n) is 10.4. The van der Waals surface area contributed by atoms with Crippen LogP contribution in [0, 0.1) is 5.82 Å². The van der Waals surface area contributed by atoms with E-state index in [4.69, 9.17) is 11.6 Å². The molecule has 0 spiro atoms. The molecule has 3 rings (SSSR count). The fraction of sp³-hybridized carbons (Fsp3) is 0.0667. The summed E-state index contributed by atoms with van der Waals surface area (Å²) in [5.41, 5.74) is 1.71. The van der Waals surface area contributed by atoms with Crippen molar-refractivity contribution in [1.82, 2.24) is 9.61 Å². The number of nitrogens with zero attached hydrogens (tertiary/aromatic N) is 2. The minimum atomic E-state index is -0.405. The molecule has 100 valence electrons. The van der Waals surface area contributed by atoms with Crippen LogP contribution in [-0.2, 0) is 6.42 Å². The lowest BCUT2D eigenvalue weighted by atomic mass is 10.0. The van der Waals surface area contributed by atoms with Gasteiger partial charge in [-0.3, -0.25) is 4.79 Å². The number of carbonyl (C=O) groups excluding carboxylic acids is 1. The number of hydrogen-bond donors (Lipinski definition) is 0. The molecule has 0 fully saturated rings. The smallest absolute Gasteiger partial charge is 0.171 e. The second-order valence-electron chi connectivity index (χ2n) is 4.42. The van der Waals surface area contributed by atoms with Gasteiger partial charge in [-0.15, -0.1) is 0 Å². The van der Waals surface area contributed by atoms with Crippen LogP contribution >= 0.6 is 11.6 Å². The Bertz CT molecular complexity index is 797. The van der Waals surface area contributed by atoms with E-state index >= 15 is 0 Å². The molecule has 3 aromatic rings. The van der Waals surface area contributed by atoms with Crippen LogP contribution in [0.4, 0.5) is 4.39 Å². The van der Waals surface area contributed by atoms with Gasteiger partial charge in [0.15, 0.2) is 5.78 Å². The molecule has 1 aromatic carbocycles. The Morgan fingerprint density at radius 3 is 3.00 bits per heavy atom. The molecule has 0 unspecified atom stereocenters. The van der Waals surface area contributed by atoms with E-state index in [1.165, 1.54) is 24.4 Å². The summed E-state index contributed by atoms with van der Waals surface area (Å²) in [4.78, 5) is 12.3. The third-order valence-electron chi connectivity index (χ3n) is 3.09. The Kier molecular flexibility index (Phi) is 3.24. The van der Waals surface area contributed by atoms with Gasteiger partial charge in [0.25, 0.3) is 0 Å². The second-order valence-corrected chi connectivity index (χ2v) is 4.83. The number of benzene rings is 1. The maximum atomic E-state index is 13.2. The largest absolute Gasteiger partial charge is 0.294 e. The van der Waals surface area contributed by atoms with E-state index in [-0.39, 0.29) is 12.2 Å². The zero-order valence-corrected chi connectivity index (χ0v) is 11.1. The topological polar surface area (TPSA) is 34.4 Å². The van der Waals surface area contributed by atoms with E-state index in [0.29, 0.717) is 16.1 Å². The van der Waals surface area contributed by atoms with Crippen molar-refractivity contribution in [2.45, 2.75) is 6.42 Å². The highest BCUT2D eigenvalue weighted by atomic mass is 35.5. The molecule has 0 radical (unpaired) electrons. The molecule has 0 amide bonds. The Morgan fingerprint density at radius 1 is 1.30 bits per heavy atom. The summed E-state index contributed by atoms with van der Waals surface area (Å²) in [7, 11) is 0. The summed E-state index contributed by atoms with van der Waals surface area (Å²) in [6.45, 7) is 0. The molecule has 3 nitrogen and oxygen atoms in total. The first-order valence-electron chi connectivity index (χ1n) is 6.04. The van der Waals surface area contributed by atoms with E-state index in [1.807, 2.05) is 18.2 Å². The van der Waals surface area contributed by atoms with Gasteiger partial charge in [-0.05, 0) is 35.9 Å². The molecule has 0 aliphatic rings. The van der Waals surface area contributed by atoms with E-state index in [1.54, 1.807) is 10.7 Å². The predicted octanol–water partition coefficient (Wildman–Crippen LogP) is 3.55. The maximum absolute atomic E-state index is 13.2. The number of halogens is 2. The molecule has 0 saturated heterocycles. The third kappa shape index (κ3) is 2.30. The van der Waals surface area contributed by atoms with Crippen LogP contribution in [0.3, 0.4) is 0 Å². The molecule has 0 atom stereocenters. The van der Waals surface area contributed by atoms with Crippen LogP contribution in [0.1, 0.15) is 15.9 Å². The number of pyridine rings is 1. The average Bonchev–Trinajstić information content (AvgIpc) is 2.87. The second kappa shape index (κ2) is 5.06. The molecule has 0 aliphatic heterocycles. The van der Waals surface area contributed by atoms with Crippen LogP contribution in [0.15, 0.2) is 48.8 Å². The van der Waals surface area contributed by atoms with Gasteiger partial charge in [0.1, 0.15) is 5.82 Å². The van der Waals surface area contributed by atoms with Gasteiger partial charge in [0.05, 0.1) is 17.3 Å². The summed E-state index contributed by atoms with van der Waals surface area (Å²) in [6, 6.07) is 9.49. The van der Waals surface area contributed by atoms with Crippen molar-refractivity contribution >= 4 is 22.9 Å². The number of rotatable bonds is 3. The van der Waals surface area contributed by atoms with E-state index in [0.717, 1.165) is 5.52 Å². The van der Waals surface area contributed by atoms with Crippen molar-refractivity contribution in [2.24, 2.45) is 0 Å². The van der Waals surface area contributed by atoms with Gasteiger partial charge in [0.2, 0.25) is 0 Å². The van der Waals surface area contributed by atoms with Gasteiger partial charge in [-0.2, -0.15) is 5.10 Å². The van der Waals surface area contributed by atoms with Crippen LogP contribution in [0.25, 0.3) is 5.52 Å². The minimum Gasteiger partial charge on any atom is -0.294 e. The van der Waals surface area contributed by atoms with Gasteiger partial charge in [-0.25, -0.2) is 8.91 Å². The molecular weight excluding hydrogens is 279 g/mol. The summed E-state index contributed by atoms with van der Waals surface area (Å²) >= 11 is 5.98. The van der Waals surface area contributed by atoms with E-state index < -0.39 is 5.82 Å². The van der Waals surface area contributed by atoms with Gasteiger partial charge in [-0.1, -0.05) is 17.7 Å². The summed E-state index contributed by atoms with van der Waals surface area (Å²) < 4.78 is 14.8. The molecular formula is C15H10ClFN2O. The lowest BCUT2D eigenvalue weighted by Gasteiger charge is -2.03. The van der Waals surface area contributed by atoms with Crippen molar-refractivity contribution in [3.8, 4) is 0 Å². The summed E-state index contributed by atoms with van der Waals surface area (Å²) in [5, 5.41) is 4.50. The molecule has 2 aromatic heterocycles. The third-order valence-corrected chi connectivity index (χ3v) is 3.45. The van der Waals surface area contributed by atoms with Crippen molar-refractivity contribution in [3.63, 3.8) is 0 Å². The zero-order chi connectivity index (χ0) is 14.1. The fourth-order valence-electron chi connectivity index (χ4n) is 2.10. The normalized spacial score (nSPS) is 10.9. The van der Waals surface area contributed by atoms with Crippen molar-refractivity contribution in [2.75, 3.05) is 0 Å². The van der Waals surface area contributed by atoms with Crippen molar-refractivity contribution < 1.29 is 9.18 Å². The van der Waals surface area contributed by atoms with E-state index in [9.17, 15) is 9.18 Å². The SMILES string of the molecule is O=C(Cc1cc(F)ccc1Cl)c1cnn2ccccc12. The van der Waals surface area contributed by atoms with E-state index in [2.05, 4.69) is 5.10 Å². The van der Waals surface area contributed by atoms with Crippen molar-refractivity contribution in [3.05, 3.63) is 70.8 Å². The molecule has 0 aliphatic carbocycles. The monoisotopic (exact) mass is 288 g/mol. The highest BCUT2D eigenvalue weighted by molar-refractivity contribution is 6.31. The quantitative estimate of drug-likeness (QED) is 0.691. The number of fused-ring (bicyclic) bond motifs is 1. The maximum Gasteiger partial charge on any atom is 0.171 e. The first-order valence-corrected chi connectivity index (χ1v) is 6.42. The van der Waals surface area contributed by atoms with Crippen LogP contribution < -0.4 is 0 Å². The van der Waals surface area contributed by atoms with Gasteiger partial charge >= 0.3 is 0 Å². The Hall–Kier alpha value is -2.20. The Labute approximate surface area is 119 Å². The summed E-state index contributed by atoms with van der Waals surface area (Å²) in [5.74, 6) is -0.546. The lowest BCUT2D eigenvalue weighted by Crippen LogP contribution is -2.04. The Morgan fingerprint density at radius 2 is 2.15 bits per heavy atom. The number of aromatic nitrogens is 2. The van der Waals surface area contributed by atoms with Crippen LogP contribution in [0.5, 0.6) is 0 Å². The number of ketones is 1. The minimum absolute atomic E-state index is 0.0485. The average molecular weight is 289 g/mol. The molecule has 2 heterocycles.